The monoisotopic (exact) mass is 606 g/mol. The lowest BCUT2D eigenvalue weighted by atomic mass is 9.83. The maximum absolute atomic E-state index is 15.3. The van der Waals surface area contributed by atoms with Crippen LogP contribution in [0.3, 0.4) is 0 Å². The van der Waals surface area contributed by atoms with Gasteiger partial charge in [-0.15, -0.1) is 0 Å². The first-order valence-electron chi connectivity index (χ1n) is 14.9. The lowest BCUT2D eigenvalue weighted by Crippen LogP contribution is -2.35. The highest BCUT2D eigenvalue weighted by molar-refractivity contribution is 7.92. The number of aliphatic imine (C=N–C) groups is 1. The Morgan fingerprint density at radius 3 is 2.51 bits per heavy atom. The summed E-state index contributed by atoms with van der Waals surface area (Å²) in [4.78, 5) is 21.7. The summed E-state index contributed by atoms with van der Waals surface area (Å²) in [6.07, 6.45) is 7.68. The number of anilines is 2. The number of amides is 1. The van der Waals surface area contributed by atoms with Gasteiger partial charge in [-0.25, -0.2) is 12.8 Å². The van der Waals surface area contributed by atoms with Gasteiger partial charge in [0.15, 0.2) is 0 Å². The lowest BCUT2D eigenvalue weighted by molar-refractivity contribution is 0.0766. The van der Waals surface area contributed by atoms with E-state index < -0.39 is 15.8 Å². The summed E-state index contributed by atoms with van der Waals surface area (Å²) in [6, 6.07) is 16.8. The number of ether oxygens (including phenoxy) is 1. The van der Waals surface area contributed by atoms with E-state index in [2.05, 4.69) is 14.6 Å². The van der Waals surface area contributed by atoms with Crippen LogP contribution in [-0.2, 0) is 10.0 Å². The van der Waals surface area contributed by atoms with E-state index in [1.165, 1.54) is 24.6 Å². The molecule has 2 fully saturated rings. The van der Waals surface area contributed by atoms with Crippen molar-refractivity contribution >= 4 is 39.2 Å². The van der Waals surface area contributed by atoms with Gasteiger partial charge >= 0.3 is 0 Å². The van der Waals surface area contributed by atoms with E-state index in [9.17, 15) is 13.2 Å². The molecular formula is C33H39FN4O4S. The zero-order chi connectivity index (χ0) is 30.4. The third kappa shape index (κ3) is 6.85. The predicted molar refractivity (Wildman–Crippen MR) is 169 cm³/mol. The second kappa shape index (κ2) is 13.6. The molecule has 1 saturated carbocycles. The van der Waals surface area contributed by atoms with Gasteiger partial charge in [-0.2, -0.15) is 0 Å². The van der Waals surface area contributed by atoms with Gasteiger partial charge in [-0.3, -0.25) is 14.5 Å². The maximum Gasteiger partial charge on any atom is 0.264 e. The number of benzene rings is 3. The van der Waals surface area contributed by atoms with Gasteiger partial charge in [-0.1, -0.05) is 43.5 Å². The molecule has 8 nitrogen and oxygen atoms in total. The zero-order valence-electron chi connectivity index (χ0n) is 24.8. The first kappa shape index (κ1) is 30.5. The summed E-state index contributed by atoms with van der Waals surface area (Å²) >= 11 is 0. The van der Waals surface area contributed by atoms with Crippen molar-refractivity contribution in [1.29, 1.82) is 0 Å². The maximum atomic E-state index is 15.3. The molecule has 0 radical (unpaired) electrons. The Morgan fingerprint density at radius 1 is 0.977 bits per heavy atom. The average molecular weight is 607 g/mol. The summed E-state index contributed by atoms with van der Waals surface area (Å²) < 4.78 is 50.3. The van der Waals surface area contributed by atoms with E-state index >= 15 is 4.39 Å². The molecule has 43 heavy (non-hydrogen) atoms. The number of rotatable bonds is 8. The van der Waals surface area contributed by atoms with Gasteiger partial charge in [0, 0.05) is 38.0 Å². The number of halogens is 1. The predicted octanol–water partition coefficient (Wildman–Crippen LogP) is 6.76. The standard InChI is InChI=1S/C33H39FN4O4S/c1-3-35-32-26(24-11-5-4-6-12-24)13-9-16-31(32)43(40,41)36-28-18-17-25(23-27(28)34)33(39)38-20-10-19-37(21-22-38)29-14-7-8-15-30(29)42-2/h3,7-9,13-18,23-24,36H,4-6,10-12,19-22H2,1-2H3. The van der Waals surface area contributed by atoms with Gasteiger partial charge in [0.25, 0.3) is 15.9 Å². The molecule has 1 aliphatic heterocycles. The van der Waals surface area contributed by atoms with Crippen LogP contribution in [0.1, 0.15) is 67.3 Å². The molecule has 0 atom stereocenters. The van der Waals surface area contributed by atoms with Crippen LogP contribution in [-0.4, -0.2) is 58.7 Å². The van der Waals surface area contributed by atoms with E-state index in [4.69, 9.17) is 4.74 Å². The minimum Gasteiger partial charge on any atom is -0.495 e. The van der Waals surface area contributed by atoms with E-state index in [1.807, 2.05) is 30.3 Å². The Labute approximate surface area is 253 Å². The van der Waals surface area contributed by atoms with Gasteiger partial charge < -0.3 is 14.5 Å². The van der Waals surface area contributed by atoms with Crippen molar-refractivity contribution in [3.05, 3.63) is 77.6 Å². The Morgan fingerprint density at radius 2 is 1.77 bits per heavy atom. The number of methoxy groups -OCH3 is 1. The number of sulfonamides is 1. The molecule has 1 N–H and O–H groups in total. The van der Waals surface area contributed by atoms with Crippen LogP contribution in [0.4, 0.5) is 21.5 Å². The van der Waals surface area contributed by atoms with Gasteiger partial charge in [0.2, 0.25) is 0 Å². The lowest BCUT2D eigenvalue weighted by Gasteiger charge is -2.25. The van der Waals surface area contributed by atoms with Crippen molar-refractivity contribution in [1.82, 2.24) is 4.90 Å². The smallest absolute Gasteiger partial charge is 0.264 e. The third-order valence-corrected chi connectivity index (χ3v) is 9.69. The number of nitrogens with one attached hydrogen (secondary N) is 1. The van der Waals surface area contributed by atoms with Crippen molar-refractivity contribution in [2.45, 2.75) is 56.3 Å². The molecule has 5 rings (SSSR count). The Bertz CT molecular complexity index is 1590. The van der Waals surface area contributed by atoms with Crippen LogP contribution >= 0.6 is 0 Å². The molecule has 3 aromatic carbocycles. The van der Waals surface area contributed by atoms with Crippen LogP contribution in [0.2, 0.25) is 0 Å². The second-order valence-electron chi connectivity index (χ2n) is 11.0. The summed E-state index contributed by atoms with van der Waals surface area (Å²) in [6.45, 7) is 4.10. The molecule has 1 aliphatic carbocycles. The molecule has 1 heterocycles. The first-order valence-corrected chi connectivity index (χ1v) is 16.4. The quantitative estimate of drug-likeness (QED) is 0.286. The minimum absolute atomic E-state index is 0.0115. The molecule has 0 bridgehead atoms. The van der Waals surface area contributed by atoms with Gasteiger partial charge in [0.05, 0.1) is 24.2 Å². The van der Waals surface area contributed by atoms with E-state index in [1.54, 1.807) is 31.2 Å². The second-order valence-corrected chi connectivity index (χ2v) is 12.7. The molecule has 2 aliphatic rings. The fourth-order valence-electron chi connectivity index (χ4n) is 6.13. The van der Waals surface area contributed by atoms with Crippen LogP contribution in [0, 0.1) is 5.82 Å². The molecule has 1 amide bonds. The van der Waals surface area contributed by atoms with Crippen molar-refractivity contribution in [3.63, 3.8) is 0 Å². The zero-order valence-corrected chi connectivity index (χ0v) is 25.6. The largest absolute Gasteiger partial charge is 0.495 e. The molecule has 228 valence electrons. The fraction of sp³-hybridized carbons (Fsp3) is 0.394. The number of nitrogens with zero attached hydrogens (tertiary/aromatic N) is 3. The number of carbonyl (C=O) groups is 1. The molecular weight excluding hydrogens is 567 g/mol. The molecule has 3 aromatic rings. The van der Waals surface area contributed by atoms with Crippen molar-refractivity contribution in [2.75, 3.05) is 42.9 Å². The number of para-hydroxylation sites is 3. The normalized spacial score (nSPS) is 16.7. The highest BCUT2D eigenvalue weighted by Crippen LogP contribution is 2.41. The number of carbonyl (C=O) groups excluding carboxylic acids is 1. The summed E-state index contributed by atoms with van der Waals surface area (Å²) in [5, 5.41) is 0. The fourth-order valence-corrected chi connectivity index (χ4v) is 7.38. The average Bonchev–Trinajstić information content (AvgIpc) is 3.28. The molecule has 10 heteroatoms. The van der Waals surface area contributed by atoms with Gasteiger partial charge in [0.1, 0.15) is 16.5 Å². The van der Waals surface area contributed by atoms with E-state index in [0.717, 1.165) is 61.7 Å². The summed E-state index contributed by atoms with van der Waals surface area (Å²) in [7, 11) is -2.53. The molecule has 0 aromatic heterocycles. The summed E-state index contributed by atoms with van der Waals surface area (Å²) in [5.74, 6) is -0.0963. The van der Waals surface area contributed by atoms with Crippen LogP contribution in [0.5, 0.6) is 5.75 Å². The van der Waals surface area contributed by atoms with Crippen molar-refractivity contribution in [2.24, 2.45) is 4.99 Å². The Kier molecular flexibility index (Phi) is 9.65. The third-order valence-electron chi connectivity index (χ3n) is 8.29. The topological polar surface area (TPSA) is 91.3 Å². The number of hydrogen-bond donors (Lipinski definition) is 1. The van der Waals surface area contributed by atoms with E-state index in [0.29, 0.717) is 25.3 Å². The van der Waals surface area contributed by atoms with Crippen molar-refractivity contribution < 1.29 is 22.3 Å². The highest BCUT2D eigenvalue weighted by Gasteiger charge is 2.27. The Hall–Kier alpha value is -3.92. The van der Waals surface area contributed by atoms with Gasteiger partial charge in [-0.05, 0) is 74.1 Å². The Balaban J connectivity index is 1.32. The van der Waals surface area contributed by atoms with Crippen LogP contribution < -0.4 is 14.4 Å². The van der Waals surface area contributed by atoms with Crippen LogP contribution in [0.25, 0.3) is 0 Å². The highest BCUT2D eigenvalue weighted by atomic mass is 32.2. The minimum atomic E-state index is -4.16. The van der Waals surface area contributed by atoms with E-state index in [-0.39, 0.29) is 28.0 Å². The van der Waals surface area contributed by atoms with Crippen LogP contribution in [0.15, 0.2) is 70.6 Å². The first-order chi connectivity index (χ1) is 20.8. The van der Waals surface area contributed by atoms with Crippen molar-refractivity contribution in [3.8, 4) is 5.75 Å². The molecule has 1 saturated heterocycles. The molecule has 0 spiro atoms. The summed E-state index contributed by atoms with van der Waals surface area (Å²) in [5.41, 5.74) is 2.23. The number of hydrogen-bond acceptors (Lipinski definition) is 6. The SMILES string of the molecule is CC=Nc1c(C2CCCCC2)cccc1S(=O)(=O)Nc1ccc(C(=O)N2CCCN(c3ccccc3OC)CC2)cc1F. The molecule has 0 unspecified atom stereocenters.